The van der Waals surface area contributed by atoms with Crippen LogP contribution in [0.15, 0.2) is 30.3 Å². The molecule has 0 bridgehead atoms. The molecule has 0 fully saturated rings. The van der Waals surface area contributed by atoms with E-state index in [9.17, 15) is 0 Å². The lowest BCUT2D eigenvalue weighted by Crippen LogP contribution is -2.29. The van der Waals surface area contributed by atoms with Crippen molar-refractivity contribution >= 4 is 5.84 Å². The van der Waals surface area contributed by atoms with Gasteiger partial charge in [-0.3, -0.25) is 10.3 Å². The Morgan fingerprint density at radius 2 is 2.00 bits per heavy atom. The summed E-state index contributed by atoms with van der Waals surface area (Å²) in [6.07, 6.45) is 1.71. The Bertz CT molecular complexity index is 321. The van der Waals surface area contributed by atoms with Crippen molar-refractivity contribution in [2.45, 2.75) is 25.8 Å². The molecule has 1 aromatic carbocycles. The summed E-state index contributed by atoms with van der Waals surface area (Å²) in [4.78, 5) is 2.26. The van der Waals surface area contributed by atoms with E-state index in [2.05, 4.69) is 31.0 Å². The van der Waals surface area contributed by atoms with Crippen molar-refractivity contribution in [3.05, 3.63) is 35.9 Å². The molecule has 3 heteroatoms. The molecule has 1 unspecified atom stereocenters. The van der Waals surface area contributed by atoms with Crippen LogP contribution in [-0.4, -0.2) is 24.3 Å². The second-order valence-electron chi connectivity index (χ2n) is 4.14. The molecule has 0 amide bonds. The highest BCUT2D eigenvalue weighted by Gasteiger charge is 2.16. The average Bonchev–Trinajstić information content (AvgIpc) is 2.27. The maximum atomic E-state index is 7.45. The number of benzene rings is 1. The zero-order chi connectivity index (χ0) is 12.0. The van der Waals surface area contributed by atoms with Crippen LogP contribution in [0.4, 0.5) is 0 Å². The van der Waals surface area contributed by atoms with Gasteiger partial charge in [0, 0.05) is 12.5 Å². The molecule has 0 saturated heterocycles. The minimum atomic E-state index is 0.221. The molecule has 0 aliphatic carbocycles. The van der Waals surface area contributed by atoms with Crippen LogP contribution in [0.5, 0.6) is 0 Å². The van der Waals surface area contributed by atoms with Gasteiger partial charge in [0.2, 0.25) is 0 Å². The van der Waals surface area contributed by atoms with E-state index in [0.29, 0.717) is 6.42 Å². The molecule has 3 nitrogen and oxygen atoms in total. The first kappa shape index (κ1) is 12.7. The smallest absolute Gasteiger partial charge is 0.0924 e. The van der Waals surface area contributed by atoms with Crippen LogP contribution < -0.4 is 5.73 Å². The van der Waals surface area contributed by atoms with Gasteiger partial charge in [0.05, 0.1) is 5.84 Å². The van der Waals surface area contributed by atoms with Crippen LogP contribution in [0.3, 0.4) is 0 Å². The van der Waals surface area contributed by atoms with Crippen LogP contribution in [0, 0.1) is 5.41 Å². The van der Waals surface area contributed by atoms with Crippen LogP contribution in [0.1, 0.15) is 31.4 Å². The van der Waals surface area contributed by atoms with Gasteiger partial charge in [0.15, 0.2) is 0 Å². The molecule has 3 N–H and O–H groups in total. The molecule has 0 aromatic heterocycles. The molecule has 0 radical (unpaired) electrons. The van der Waals surface area contributed by atoms with Gasteiger partial charge in [-0.15, -0.1) is 0 Å². The number of hydrogen-bond donors (Lipinski definition) is 2. The molecular formula is C13H21N3. The minimum Gasteiger partial charge on any atom is -0.388 e. The molecule has 0 aliphatic rings. The summed E-state index contributed by atoms with van der Waals surface area (Å²) in [5.41, 5.74) is 6.75. The highest BCUT2D eigenvalue weighted by Crippen LogP contribution is 2.22. The van der Waals surface area contributed by atoms with Gasteiger partial charge in [-0.1, -0.05) is 37.3 Å². The van der Waals surface area contributed by atoms with E-state index in [-0.39, 0.29) is 11.9 Å². The Labute approximate surface area is 97.8 Å². The molecule has 0 saturated carbocycles. The fourth-order valence-electron chi connectivity index (χ4n) is 1.92. The first-order chi connectivity index (χ1) is 7.65. The van der Waals surface area contributed by atoms with Gasteiger partial charge in [-0.2, -0.15) is 0 Å². The Balaban J connectivity index is 2.82. The number of nitrogens with one attached hydrogen (secondary N) is 1. The van der Waals surface area contributed by atoms with Crippen molar-refractivity contribution in [3.63, 3.8) is 0 Å². The number of amidine groups is 1. The average molecular weight is 219 g/mol. The van der Waals surface area contributed by atoms with Crippen molar-refractivity contribution < 1.29 is 0 Å². The molecule has 16 heavy (non-hydrogen) atoms. The molecule has 1 aromatic rings. The number of rotatable bonds is 6. The van der Waals surface area contributed by atoms with Crippen LogP contribution in [0.25, 0.3) is 0 Å². The molecule has 0 spiro atoms. The van der Waals surface area contributed by atoms with Gasteiger partial charge in [0.1, 0.15) is 0 Å². The van der Waals surface area contributed by atoms with Gasteiger partial charge >= 0.3 is 0 Å². The third-order valence-electron chi connectivity index (χ3n) is 2.71. The summed E-state index contributed by atoms with van der Waals surface area (Å²) in [6, 6.07) is 10.5. The van der Waals surface area contributed by atoms with E-state index in [1.54, 1.807) is 0 Å². The summed E-state index contributed by atoms with van der Waals surface area (Å²) in [5.74, 6) is 0.247. The highest BCUT2D eigenvalue weighted by molar-refractivity contribution is 5.77. The predicted octanol–water partition coefficient (Wildman–Crippen LogP) is 2.40. The standard InChI is InChI=1S/C13H21N3/c1-3-9-16(2)12(10-13(14)15)11-7-5-4-6-8-11/h4-8,12H,3,9-10H2,1-2H3,(H3,14,15). The first-order valence-electron chi connectivity index (χ1n) is 5.73. The summed E-state index contributed by atoms with van der Waals surface area (Å²) >= 11 is 0. The summed E-state index contributed by atoms with van der Waals surface area (Å²) in [6.45, 7) is 3.18. The number of nitrogens with zero attached hydrogens (tertiary/aromatic N) is 1. The Morgan fingerprint density at radius 1 is 1.38 bits per heavy atom. The van der Waals surface area contributed by atoms with Crippen LogP contribution >= 0.6 is 0 Å². The zero-order valence-electron chi connectivity index (χ0n) is 10.1. The second kappa shape index (κ2) is 6.28. The third kappa shape index (κ3) is 3.66. The van der Waals surface area contributed by atoms with E-state index >= 15 is 0 Å². The number of nitrogens with two attached hydrogens (primary N) is 1. The minimum absolute atomic E-state index is 0.221. The van der Waals surface area contributed by atoms with E-state index in [1.807, 2.05) is 18.2 Å². The lowest BCUT2D eigenvalue weighted by Gasteiger charge is -2.27. The Kier molecular flexibility index (Phi) is 4.99. The monoisotopic (exact) mass is 219 g/mol. The van der Waals surface area contributed by atoms with E-state index < -0.39 is 0 Å². The van der Waals surface area contributed by atoms with Crippen LogP contribution in [0.2, 0.25) is 0 Å². The third-order valence-corrected chi connectivity index (χ3v) is 2.71. The number of hydrogen-bond acceptors (Lipinski definition) is 2. The largest absolute Gasteiger partial charge is 0.388 e. The van der Waals surface area contributed by atoms with Gasteiger partial charge in [-0.05, 0) is 25.6 Å². The topological polar surface area (TPSA) is 53.1 Å². The fourth-order valence-corrected chi connectivity index (χ4v) is 1.92. The Hall–Kier alpha value is -1.35. The van der Waals surface area contributed by atoms with Crippen molar-refractivity contribution in [1.29, 1.82) is 5.41 Å². The highest BCUT2D eigenvalue weighted by atomic mass is 15.1. The maximum absolute atomic E-state index is 7.45. The molecule has 0 aliphatic heterocycles. The summed E-state index contributed by atoms with van der Waals surface area (Å²) in [7, 11) is 2.09. The van der Waals surface area contributed by atoms with Crippen molar-refractivity contribution in [3.8, 4) is 0 Å². The molecule has 1 atom stereocenters. The van der Waals surface area contributed by atoms with E-state index in [1.165, 1.54) is 5.56 Å². The molecule has 1 rings (SSSR count). The van der Waals surface area contributed by atoms with Crippen LogP contribution in [-0.2, 0) is 0 Å². The molecule has 0 heterocycles. The lowest BCUT2D eigenvalue weighted by atomic mass is 10.0. The van der Waals surface area contributed by atoms with Gasteiger partial charge in [-0.25, -0.2) is 0 Å². The van der Waals surface area contributed by atoms with Crippen molar-refractivity contribution in [2.24, 2.45) is 5.73 Å². The molecule has 88 valence electrons. The molecular weight excluding hydrogens is 198 g/mol. The summed E-state index contributed by atoms with van der Waals surface area (Å²) < 4.78 is 0. The van der Waals surface area contributed by atoms with E-state index in [0.717, 1.165) is 13.0 Å². The van der Waals surface area contributed by atoms with E-state index in [4.69, 9.17) is 11.1 Å². The SMILES string of the molecule is CCCN(C)C(CC(=N)N)c1ccccc1. The maximum Gasteiger partial charge on any atom is 0.0924 e. The normalized spacial score (nSPS) is 12.7. The first-order valence-corrected chi connectivity index (χ1v) is 5.73. The summed E-state index contributed by atoms with van der Waals surface area (Å²) in [5, 5.41) is 7.45. The second-order valence-corrected chi connectivity index (χ2v) is 4.14. The van der Waals surface area contributed by atoms with Crippen molar-refractivity contribution in [2.75, 3.05) is 13.6 Å². The lowest BCUT2D eigenvalue weighted by molar-refractivity contribution is 0.250. The van der Waals surface area contributed by atoms with Gasteiger partial charge < -0.3 is 5.73 Å². The van der Waals surface area contributed by atoms with Crippen molar-refractivity contribution in [1.82, 2.24) is 4.90 Å². The fraction of sp³-hybridized carbons (Fsp3) is 0.462. The Morgan fingerprint density at radius 3 is 2.50 bits per heavy atom. The predicted molar refractivity (Wildman–Crippen MR) is 68.6 cm³/mol. The quantitative estimate of drug-likeness (QED) is 0.570. The zero-order valence-corrected chi connectivity index (χ0v) is 10.1. The van der Waals surface area contributed by atoms with Gasteiger partial charge in [0.25, 0.3) is 0 Å².